The summed E-state index contributed by atoms with van der Waals surface area (Å²) in [6.07, 6.45) is 15.6. The summed E-state index contributed by atoms with van der Waals surface area (Å²) >= 11 is 0. The van der Waals surface area contributed by atoms with Crippen molar-refractivity contribution < 1.29 is 33.3 Å². The van der Waals surface area contributed by atoms with E-state index in [9.17, 15) is 24.0 Å². The molecule has 31 heteroatoms. The third-order valence-corrected chi connectivity index (χ3v) is 13.4. The molecule has 0 atom stereocenters. The van der Waals surface area contributed by atoms with Crippen molar-refractivity contribution in [2.75, 3.05) is 46.1 Å². The maximum absolute atomic E-state index is 13.4. The van der Waals surface area contributed by atoms with Crippen LogP contribution in [-0.2, 0) is 45.2 Å². The molecule has 0 bridgehead atoms. The number of pyridine rings is 4. The molecule has 84 heavy (non-hydrogen) atoms. The predicted octanol–water partition coefficient (Wildman–Crippen LogP) is 1.76. The van der Waals surface area contributed by atoms with Gasteiger partial charge in [-0.1, -0.05) is 0 Å². The van der Waals surface area contributed by atoms with Crippen LogP contribution in [0, 0.1) is 0 Å². The maximum atomic E-state index is 13.4. The average molecular weight is 1150 g/mol. The van der Waals surface area contributed by atoms with E-state index in [0.29, 0.717) is 120 Å². The molecule has 0 radical (unpaired) electrons. The van der Waals surface area contributed by atoms with E-state index in [1.165, 1.54) is 68.7 Å². The molecule has 3 aliphatic rings. The Balaban J connectivity index is 0.000000149. The van der Waals surface area contributed by atoms with Gasteiger partial charge in [0.1, 0.15) is 79.6 Å². The van der Waals surface area contributed by atoms with Gasteiger partial charge in [-0.25, -0.2) is 63.7 Å². The predicted molar refractivity (Wildman–Crippen MR) is 294 cm³/mol. The van der Waals surface area contributed by atoms with E-state index in [1.54, 1.807) is 57.0 Å². The van der Waals surface area contributed by atoms with Gasteiger partial charge in [-0.15, -0.1) is 0 Å². The van der Waals surface area contributed by atoms with Crippen LogP contribution in [0.25, 0.3) is 50.9 Å². The van der Waals surface area contributed by atoms with Crippen LogP contribution in [0.2, 0.25) is 0 Å². The Bertz CT molecular complexity index is 4100. The normalized spacial score (nSPS) is 14.7. The molecule has 10 aromatic rings. The quantitative estimate of drug-likeness (QED) is 0.148. The lowest BCUT2D eigenvalue weighted by Gasteiger charge is -2.39. The van der Waals surface area contributed by atoms with E-state index in [4.69, 9.17) is 23.7 Å². The Labute approximate surface area is 475 Å². The molecule has 432 valence electrons. The summed E-state index contributed by atoms with van der Waals surface area (Å²) in [5, 5.41) is 12.1. The molecule has 0 unspecified atom stereocenters. The number of rotatable bonds is 13. The smallest absolute Gasteiger partial charge is 0.410 e. The van der Waals surface area contributed by atoms with Crippen LogP contribution in [0.4, 0.5) is 4.79 Å². The topological polar surface area (TPSA) is 335 Å². The van der Waals surface area contributed by atoms with Gasteiger partial charge in [0.15, 0.2) is 52.2 Å². The number of amides is 1. The molecule has 13 rings (SSSR count). The summed E-state index contributed by atoms with van der Waals surface area (Å²) in [7, 11) is 0. The summed E-state index contributed by atoms with van der Waals surface area (Å²) in [5.74, 6) is 2.85. The van der Waals surface area contributed by atoms with Gasteiger partial charge in [-0.05, 0) is 70.0 Å². The van der Waals surface area contributed by atoms with Gasteiger partial charge < -0.3 is 33.4 Å². The number of hydrogen-bond donors (Lipinski definition) is 0. The van der Waals surface area contributed by atoms with Crippen molar-refractivity contribution in [2.45, 2.75) is 77.7 Å². The van der Waals surface area contributed by atoms with Crippen molar-refractivity contribution in [3.05, 3.63) is 142 Å². The van der Waals surface area contributed by atoms with Crippen molar-refractivity contribution in [3.63, 3.8) is 0 Å². The Hall–Kier alpha value is -10.1. The summed E-state index contributed by atoms with van der Waals surface area (Å²) in [5.41, 5.74) is 2.31. The van der Waals surface area contributed by atoms with Crippen molar-refractivity contribution in [1.29, 1.82) is 0 Å². The van der Waals surface area contributed by atoms with Crippen molar-refractivity contribution in [2.24, 2.45) is 0 Å². The zero-order valence-corrected chi connectivity index (χ0v) is 45.7. The first kappa shape index (κ1) is 55.8. The first-order valence-corrected chi connectivity index (χ1v) is 26.6. The summed E-state index contributed by atoms with van der Waals surface area (Å²) in [6, 6.07) is 12.4. The molecule has 3 aliphatic heterocycles. The monoisotopic (exact) mass is 1150 g/mol. The number of nitrogens with zero attached hydrogens (tertiary/aromatic N) is 21. The number of piperidine rings is 1. The van der Waals surface area contributed by atoms with Gasteiger partial charge in [0.05, 0.1) is 63.3 Å². The third-order valence-electron chi connectivity index (χ3n) is 13.4. The highest BCUT2D eigenvalue weighted by Gasteiger charge is 2.32. The number of fused-ring (bicyclic) bond motifs is 4. The Kier molecular flexibility index (Phi) is 16.5. The van der Waals surface area contributed by atoms with Gasteiger partial charge in [-0.2, -0.15) is 15.3 Å². The van der Waals surface area contributed by atoms with Crippen LogP contribution in [0.1, 0.15) is 39.3 Å². The number of aromatic nitrogens is 19. The van der Waals surface area contributed by atoms with E-state index in [1.807, 2.05) is 32.9 Å². The largest absolute Gasteiger partial charge is 0.486 e. The number of aldehydes is 1. The van der Waals surface area contributed by atoms with Crippen molar-refractivity contribution in [3.8, 4) is 29.0 Å². The lowest BCUT2D eigenvalue weighted by atomic mass is 10.0. The fourth-order valence-corrected chi connectivity index (χ4v) is 9.37. The lowest BCUT2D eigenvalue weighted by Crippen LogP contribution is -2.49. The molecule has 0 saturated carbocycles. The van der Waals surface area contributed by atoms with E-state index in [0.717, 1.165) is 25.9 Å². The Morgan fingerprint density at radius 1 is 0.631 bits per heavy atom. The van der Waals surface area contributed by atoms with Crippen LogP contribution in [0.3, 0.4) is 0 Å². The van der Waals surface area contributed by atoms with Gasteiger partial charge in [0, 0.05) is 38.3 Å². The summed E-state index contributed by atoms with van der Waals surface area (Å²) < 4.78 is 36.9. The first-order chi connectivity index (χ1) is 40.8. The molecule has 2 saturated heterocycles. The van der Waals surface area contributed by atoms with Gasteiger partial charge in [-0.3, -0.25) is 38.0 Å². The summed E-state index contributed by atoms with van der Waals surface area (Å²) in [4.78, 5) is 107. The van der Waals surface area contributed by atoms with Crippen LogP contribution < -0.4 is 26.2 Å². The number of carbonyl (C=O) groups excluding carboxylic acids is 2. The lowest BCUT2D eigenvalue weighted by molar-refractivity contribution is -0.108. The fourth-order valence-electron chi connectivity index (χ4n) is 9.37. The molecular weight excluding hydrogens is 1090 g/mol. The molecule has 0 aliphatic carbocycles. The minimum Gasteiger partial charge on any atom is -0.486 e. The van der Waals surface area contributed by atoms with Gasteiger partial charge >= 0.3 is 6.09 Å². The van der Waals surface area contributed by atoms with Crippen LogP contribution in [0.5, 0.6) is 11.5 Å². The highest BCUT2D eigenvalue weighted by Crippen LogP contribution is 2.31. The van der Waals surface area contributed by atoms with E-state index in [-0.39, 0.29) is 41.9 Å². The van der Waals surface area contributed by atoms with Crippen molar-refractivity contribution in [1.82, 2.24) is 103 Å². The number of hydrogen-bond acceptors (Lipinski definition) is 24. The second-order valence-corrected chi connectivity index (χ2v) is 20.1. The highest BCUT2D eigenvalue weighted by molar-refractivity contribution is 5.73. The Morgan fingerprint density at radius 2 is 1.13 bits per heavy atom. The fraction of sp³-hybridized carbons (Fsp3) is 0.358. The van der Waals surface area contributed by atoms with Gasteiger partial charge in [0.25, 0.3) is 16.7 Å². The minimum absolute atomic E-state index is 0.0301. The van der Waals surface area contributed by atoms with Crippen LogP contribution in [0.15, 0.2) is 120 Å². The second-order valence-electron chi connectivity index (χ2n) is 20.1. The van der Waals surface area contributed by atoms with Crippen molar-refractivity contribution >= 4 is 45.9 Å². The number of carbonyl (C=O) groups is 2. The third kappa shape index (κ3) is 13.0. The molecule has 31 nitrogen and oxygen atoms in total. The zero-order valence-electron chi connectivity index (χ0n) is 45.7. The van der Waals surface area contributed by atoms with Crippen LogP contribution in [-0.4, -0.2) is 179 Å². The second kappa shape index (κ2) is 24.9. The van der Waals surface area contributed by atoms with E-state index < -0.39 is 11.9 Å². The van der Waals surface area contributed by atoms with E-state index in [2.05, 4.69) is 70.0 Å². The maximum Gasteiger partial charge on any atom is 0.410 e. The average Bonchev–Trinajstić information content (AvgIpc) is 3.60. The molecule has 13 heterocycles. The SMILES string of the molecule is CC(C)(C)OC(=O)N(Cc1cc2c(cn1)OCCO2)C1CCN(CCn2c(=O)cnc3ccc(-n4cncn4)nc32)CC1.O=CCn1c(=O)cnc2ccc(-n3cncn3)nc21.O=c1cnc2ccc(-n3cncn3)nc2n1CC1OCCO1. The minimum atomic E-state index is -0.626. The number of ether oxygens (including phenoxy) is 5. The molecular formula is C53H55N21O10. The first-order valence-electron chi connectivity index (χ1n) is 26.6. The summed E-state index contributed by atoms with van der Waals surface area (Å²) in [6.45, 7) is 10.7. The molecule has 1 amide bonds. The van der Waals surface area contributed by atoms with Crippen LogP contribution >= 0.6 is 0 Å². The number of likely N-dealkylation sites (tertiary alicyclic amines) is 1. The molecule has 10 aromatic heterocycles. The van der Waals surface area contributed by atoms with Gasteiger partial charge in [0.2, 0.25) is 0 Å². The molecule has 0 N–H and O–H groups in total. The highest BCUT2D eigenvalue weighted by atomic mass is 16.7. The zero-order chi connectivity index (χ0) is 58.2. The standard InChI is InChI=1S/C29H35N9O5.C13H12N6O3.C11H8N6O2/c1-29(2,3)43-28(40)37(17-20-14-23-24(15-31-20)42-13-12-41-23)21-6-8-35(9-7-21)10-11-36-26(39)16-32-22-4-5-25(34-27(22)36)38-19-30-18-33-38;20-11-5-15-9-1-2-10(19-8-14-7-16-19)17-13(9)18(11)6-12-21-3-4-22-12;18-4-3-16-10(19)5-13-8-1-2-9(15-11(8)16)17-7-12-6-14-17/h4-5,14-16,18-19,21H,6-13,17H2,1-3H3;1-2,5,7-8,12H,3-4,6H2;1-2,4-7H,3H2. The molecule has 0 spiro atoms. The Morgan fingerprint density at radius 3 is 1.64 bits per heavy atom. The molecule has 0 aromatic carbocycles. The van der Waals surface area contributed by atoms with E-state index >= 15 is 0 Å². The molecule has 2 fully saturated rings.